The third-order valence-corrected chi connectivity index (χ3v) is 4.54. The molecule has 0 amide bonds. The first-order valence-corrected chi connectivity index (χ1v) is 8.61. The van der Waals surface area contributed by atoms with Crippen molar-refractivity contribution in [1.82, 2.24) is 20.0 Å². The van der Waals surface area contributed by atoms with Gasteiger partial charge < -0.3 is 14.0 Å². The number of rotatable bonds is 7. The first-order valence-electron chi connectivity index (χ1n) is 7.73. The lowest BCUT2D eigenvalue weighted by atomic mass is 10.2. The monoisotopic (exact) mass is 360 g/mol. The zero-order valence-corrected chi connectivity index (χ0v) is 15.5. The van der Waals surface area contributed by atoms with Crippen molar-refractivity contribution in [3.8, 4) is 22.1 Å². The molecule has 2 aromatic heterocycles. The largest absolute Gasteiger partial charge is 0.493 e. The quantitative estimate of drug-likeness (QED) is 0.641. The molecule has 3 aromatic rings. The van der Waals surface area contributed by atoms with E-state index < -0.39 is 0 Å². The Morgan fingerprint density at radius 2 is 1.92 bits per heavy atom. The van der Waals surface area contributed by atoms with Gasteiger partial charge in [0.15, 0.2) is 17.3 Å². The molecule has 0 bridgehead atoms. The van der Waals surface area contributed by atoms with Crippen LogP contribution < -0.4 is 9.47 Å². The molecule has 0 aliphatic heterocycles. The fourth-order valence-corrected chi connectivity index (χ4v) is 3.27. The smallest absolute Gasteiger partial charge is 0.223 e. The average molecular weight is 360 g/mol. The summed E-state index contributed by atoms with van der Waals surface area (Å²) in [4.78, 5) is 11.0. The van der Waals surface area contributed by atoms with Crippen molar-refractivity contribution < 1.29 is 14.0 Å². The molecule has 0 atom stereocenters. The van der Waals surface area contributed by atoms with E-state index in [1.807, 2.05) is 25.2 Å². The summed E-state index contributed by atoms with van der Waals surface area (Å²) in [5, 5.41) is 6.92. The molecule has 0 aliphatic rings. The van der Waals surface area contributed by atoms with Crippen LogP contribution in [0.25, 0.3) is 10.6 Å². The van der Waals surface area contributed by atoms with Crippen LogP contribution in [0.5, 0.6) is 11.5 Å². The van der Waals surface area contributed by atoms with Crippen molar-refractivity contribution in [2.45, 2.75) is 20.0 Å². The first-order chi connectivity index (χ1) is 12.1. The number of ether oxygens (including phenoxy) is 2. The molecule has 1 aromatic carbocycles. The molecule has 3 rings (SSSR count). The average Bonchev–Trinajstić information content (AvgIpc) is 3.23. The molecule has 0 spiro atoms. The van der Waals surface area contributed by atoms with Gasteiger partial charge in [0, 0.05) is 24.4 Å². The van der Waals surface area contributed by atoms with Crippen LogP contribution in [0.4, 0.5) is 0 Å². The van der Waals surface area contributed by atoms with Crippen molar-refractivity contribution in [2.24, 2.45) is 0 Å². The van der Waals surface area contributed by atoms with Crippen LogP contribution in [0.15, 0.2) is 28.1 Å². The number of benzene rings is 1. The van der Waals surface area contributed by atoms with Gasteiger partial charge >= 0.3 is 0 Å². The molecule has 0 N–H and O–H groups in total. The summed E-state index contributed by atoms with van der Waals surface area (Å²) in [5.41, 5.74) is 2.00. The third kappa shape index (κ3) is 4.15. The van der Waals surface area contributed by atoms with Gasteiger partial charge in [-0.05, 0) is 25.2 Å². The van der Waals surface area contributed by atoms with Gasteiger partial charge in [0.1, 0.15) is 5.01 Å². The van der Waals surface area contributed by atoms with E-state index in [2.05, 4.69) is 20.4 Å². The lowest BCUT2D eigenvalue weighted by Gasteiger charge is -2.12. The molecule has 2 heterocycles. The summed E-state index contributed by atoms with van der Waals surface area (Å²) in [6, 6.07) is 5.81. The van der Waals surface area contributed by atoms with Crippen LogP contribution in [0.3, 0.4) is 0 Å². The minimum atomic E-state index is 0.577. The molecule has 7 nitrogen and oxygen atoms in total. The third-order valence-electron chi connectivity index (χ3n) is 3.60. The number of hydrogen-bond acceptors (Lipinski definition) is 8. The second kappa shape index (κ2) is 7.62. The molecule has 132 valence electrons. The molecular formula is C17H20N4O3S. The minimum absolute atomic E-state index is 0.577. The van der Waals surface area contributed by atoms with Gasteiger partial charge in [0.25, 0.3) is 0 Å². The van der Waals surface area contributed by atoms with E-state index in [-0.39, 0.29) is 0 Å². The summed E-state index contributed by atoms with van der Waals surface area (Å²) < 4.78 is 15.6. The molecule has 0 radical (unpaired) electrons. The fourth-order valence-electron chi connectivity index (χ4n) is 2.46. The summed E-state index contributed by atoms with van der Waals surface area (Å²) in [6.07, 6.45) is 0. The van der Waals surface area contributed by atoms with Crippen LogP contribution in [0.1, 0.15) is 17.4 Å². The SMILES string of the molecule is COc1ccc(-c2nc(CN(C)Cc3noc(C)n3)cs2)cc1OC. The molecule has 0 unspecified atom stereocenters. The zero-order chi connectivity index (χ0) is 17.8. The summed E-state index contributed by atoms with van der Waals surface area (Å²) in [6.45, 7) is 3.10. The van der Waals surface area contributed by atoms with Gasteiger partial charge in [-0.15, -0.1) is 11.3 Å². The van der Waals surface area contributed by atoms with Gasteiger partial charge in [-0.3, -0.25) is 4.90 Å². The number of aromatic nitrogens is 3. The highest BCUT2D eigenvalue weighted by Crippen LogP contribution is 2.33. The lowest BCUT2D eigenvalue weighted by Crippen LogP contribution is -2.18. The maximum Gasteiger partial charge on any atom is 0.223 e. The van der Waals surface area contributed by atoms with Crippen LogP contribution in [0.2, 0.25) is 0 Å². The Morgan fingerprint density at radius 3 is 2.60 bits per heavy atom. The van der Waals surface area contributed by atoms with Crippen molar-refractivity contribution in [1.29, 1.82) is 0 Å². The maximum absolute atomic E-state index is 5.36. The topological polar surface area (TPSA) is 73.5 Å². The van der Waals surface area contributed by atoms with E-state index in [0.717, 1.165) is 16.3 Å². The van der Waals surface area contributed by atoms with Crippen molar-refractivity contribution in [3.63, 3.8) is 0 Å². The number of nitrogens with zero attached hydrogens (tertiary/aromatic N) is 4. The van der Waals surface area contributed by atoms with E-state index >= 15 is 0 Å². The van der Waals surface area contributed by atoms with E-state index in [0.29, 0.717) is 36.3 Å². The molecular weight excluding hydrogens is 340 g/mol. The predicted octanol–water partition coefficient (Wildman–Crippen LogP) is 3.15. The molecule has 25 heavy (non-hydrogen) atoms. The van der Waals surface area contributed by atoms with E-state index in [1.165, 1.54) is 0 Å². The molecule has 0 saturated heterocycles. The van der Waals surface area contributed by atoms with Gasteiger partial charge in [0.05, 0.1) is 26.5 Å². The Balaban J connectivity index is 1.69. The van der Waals surface area contributed by atoms with Crippen LogP contribution in [0, 0.1) is 6.92 Å². The van der Waals surface area contributed by atoms with E-state index in [9.17, 15) is 0 Å². The summed E-state index contributed by atoms with van der Waals surface area (Å²) in [5.74, 6) is 2.66. The minimum Gasteiger partial charge on any atom is -0.493 e. The lowest BCUT2D eigenvalue weighted by molar-refractivity contribution is 0.298. The standard InChI is InChI=1S/C17H20N4O3S/c1-11-18-16(20-24-11)9-21(2)8-13-10-25-17(19-13)12-5-6-14(22-3)15(7-12)23-4/h5-7,10H,8-9H2,1-4H3. The second-order valence-electron chi connectivity index (χ2n) is 5.62. The van der Waals surface area contributed by atoms with Gasteiger partial charge in [0.2, 0.25) is 5.89 Å². The van der Waals surface area contributed by atoms with Gasteiger partial charge in [-0.2, -0.15) is 4.98 Å². The normalized spacial score (nSPS) is 11.1. The zero-order valence-electron chi connectivity index (χ0n) is 14.6. The van der Waals surface area contributed by atoms with Crippen molar-refractivity contribution in [3.05, 3.63) is 41.0 Å². The summed E-state index contributed by atoms with van der Waals surface area (Å²) in [7, 11) is 5.25. The highest BCUT2D eigenvalue weighted by atomic mass is 32.1. The number of hydrogen-bond donors (Lipinski definition) is 0. The molecule has 8 heteroatoms. The van der Waals surface area contributed by atoms with Gasteiger partial charge in [-0.25, -0.2) is 4.98 Å². The number of thiazole rings is 1. The number of aryl methyl sites for hydroxylation is 1. The highest BCUT2D eigenvalue weighted by molar-refractivity contribution is 7.13. The molecule has 0 aliphatic carbocycles. The molecule has 0 fully saturated rings. The van der Waals surface area contributed by atoms with Crippen molar-refractivity contribution in [2.75, 3.05) is 21.3 Å². The van der Waals surface area contributed by atoms with Gasteiger partial charge in [-0.1, -0.05) is 5.16 Å². The van der Waals surface area contributed by atoms with E-state index in [1.54, 1.807) is 32.5 Å². The highest BCUT2D eigenvalue weighted by Gasteiger charge is 2.12. The second-order valence-corrected chi connectivity index (χ2v) is 6.47. The van der Waals surface area contributed by atoms with Crippen molar-refractivity contribution >= 4 is 11.3 Å². The number of methoxy groups -OCH3 is 2. The fraction of sp³-hybridized carbons (Fsp3) is 0.353. The Hall–Kier alpha value is -2.45. The Labute approximate surface area is 150 Å². The van der Waals surface area contributed by atoms with Crippen LogP contribution in [-0.4, -0.2) is 41.3 Å². The molecule has 0 saturated carbocycles. The van der Waals surface area contributed by atoms with E-state index in [4.69, 9.17) is 19.0 Å². The van der Waals surface area contributed by atoms with Crippen LogP contribution >= 0.6 is 11.3 Å². The Bertz CT molecular complexity index is 846. The Kier molecular flexibility index (Phi) is 5.30. The predicted molar refractivity (Wildman–Crippen MR) is 94.9 cm³/mol. The maximum atomic E-state index is 5.36. The van der Waals surface area contributed by atoms with Crippen LogP contribution in [-0.2, 0) is 13.1 Å². The Morgan fingerprint density at radius 1 is 1.12 bits per heavy atom. The first kappa shape index (κ1) is 17.4. The summed E-state index contributed by atoms with van der Waals surface area (Å²) >= 11 is 1.60.